The van der Waals surface area contributed by atoms with E-state index >= 15 is 0 Å². The molecule has 14 heavy (non-hydrogen) atoms. The standard InChI is InChI=1S/C12H27Si.K/c1-4-5-6-7-8-9-10-11-12-13(2)3;/h4-12H2,1-3H3;. The second kappa shape index (κ2) is 10.0. The van der Waals surface area contributed by atoms with Crippen molar-refractivity contribution in [3.8, 4) is 0 Å². The van der Waals surface area contributed by atoms with Crippen LogP contribution in [0.1, 0.15) is 58.3 Å². The molecular weight excluding hydrogens is 211 g/mol. The van der Waals surface area contributed by atoms with Crippen molar-refractivity contribution in [1.29, 1.82) is 0 Å². The third-order valence-electron chi connectivity index (χ3n) is 2.78. The molecule has 0 aliphatic carbocycles. The van der Waals surface area contributed by atoms with Crippen LogP contribution in [0.5, 0.6) is 0 Å². The Morgan fingerprint density at radius 3 is 1.64 bits per heavy atom. The van der Waals surface area contributed by atoms with Gasteiger partial charge in [-0.3, -0.25) is 0 Å². The van der Waals surface area contributed by atoms with Gasteiger partial charge in [-0.2, -0.15) is 0 Å². The topological polar surface area (TPSA) is 0 Å². The van der Waals surface area contributed by atoms with E-state index in [1.54, 1.807) is 6.04 Å². The molecule has 0 aliphatic rings. The zero-order valence-electron chi connectivity index (χ0n) is 10.9. The Hall–Kier alpha value is 1.85. The second-order valence-corrected chi connectivity index (χ2v) is 24.1. The second-order valence-electron chi connectivity index (χ2n) is 5.79. The Labute approximate surface area is 124 Å². The van der Waals surface area contributed by atoms with Crippen LogP contribution < -0.4 is 0 Å². The van der Waals surface area contributed by atoms with Gasteiger partial charge in [0, 0.05) is 0 Å². The van der Waals surface area contributed by atoms with Crippen LogP contribution in [0.4, 0.5) is 0 Å². The fourth-order valence-corrected chi connectivity index (χ4v) is 4.76. The number of rotatable bonds is 9. The van der Waals surface area contributed by atoms with Crippen molar-refractivity contribution < 1.29 is 0 Å². The molecule has 0 aromatic rings. The quantitative estimate of drug-likeness (QED) is 0.410. The van der Waals surface area contributed by atoms with E-state index in [1.165, 1.54) is 51.4 Å². The maximum absolute atomic E-state index is 2.56. The van der Waals surface area contributed by atoms with Crippen LogP contribution in [-0.4, -0.2) is 48.4 Å². The number of unbranched alkanes of at least 4 members (excludes halogenated alkanes) is 7. The molecule has 2 heteroatoms. The van der Waals surface area contributed by atoms with E-state index in [4.69, 9.17) is 0 Å². The van der Waals surface area contributed by atoms with Crippen molar-refractivity contribution in [2.75, 3.05) is 0 Å². The molecule has 80 valence electrons. The molecule has 0 aromatic carbocycles. The first-order chi connectivity index (χ1) is 6.56. The molecule has 0 saturated heterocycles. The SMILES string of the molecule is CCCCCCCCCC[Si](C)(C)[K]. The molecule has 0 atom stereocenters. The summed E-state index contributed by atoms with van der Waals surface area (Å²) in [6.45, 7) is 7.42. The summed E-state index contributed by atoms with van der Waals surface area (Å²) in [5, 5.41) is 0. The minimum absolute atomic E-state index is 0.551. The summed E-state index contributed by atoms with van der Waals surface area (Å²) in [7, 11) is 0. The molecule has 0 saturated carbocycles. The molecule has 0 fully saturated rings. The first-order valence-electron chi connectivity index (χ1n) is 6.56. The van der Waals surface area contributed by atoms with E-state index in [-0.39, 0.29) is 0 Å². The van der Waals surface area contributed by atoms with Crippen molar-refractivity contribution in [3.63, 3.8) is 0 Å². The van der Waals surface area contributed by atoms with Gasteiger partial charge in [0.25, 0.3) is 0 Å². The first-order valence-corrected chi connectivity index (χ1v) is 15.0. The molecule has 0 amide bonds. The fraction of sp³-hybridized carbons (Fsp3) is 1.00. The molecule has 0 aliphatic heterocycles. The Morgan fingerprint density at radius 2 is 1.21 bits per heavy atom. The van der Waals surface area contributed by atoms with Crippen LogP contribution in [0.3, 0.4) is 0 Å². The molecule has 0 heterocycles. The van der Waals surface area contributed by atoms with Gasteiger partial charge >= 0.3 is 126 Å². The van der Waals surface area contributed by atoms with Crippen LogP contribution in [0.25, 0.3) is 0 Å². The fourth-order valence-electron chi connectivity index (χ4n) is 1.79. The van der Waals surface area contributed by atoms with E-state index in [1.807, 2.05) is 0 Å². The maximum atomic E-state index is 2.56. The van der Waals surface area contributed by atoms with Crippen molar-refractivity contribution >= 4 is 48.4 Å². The summed E-state index contributed by atoms with van der Waals surface area (Å²) in [6.07, 6.45) is 11.8. The summed E-state index contributed by atoms with van der Waals surface area (Å²) in [5.74, 6) is 0. The molecule has 0 aromatic heterocycles. The molecular formula is C12H27KSi. The molecule has 0 unspecified atom stereocenters. The number of hydrogen-bond acceptors (Lipinski definition) is 0. The molecule has 0 rings (SSSR count). The third-order valence-corrected chi connectivity index (χ3v) is 6.98. The Balaban J connectivity index is 2.99. The van der Waals surface area contributed by atoms with Gasteiger partial charge in [0.2, 0.25) is 0 Å². The van der Waals surface area contributed by atoms with Crippen LogP contribution in [0, 0.1) is 0 Å². The van der Waals surface area contributed by atoms with E-state index in [0.717, 1.165) is 47.7 Å². The molecule has 0 radical (unpaired) electrons. The summed E-state index contributed by atoms with van der Waals surface area (Å²) < 4.78 is -0.551. The summed E-state index contributed by atoms with van der Waals surface area (Å²) in [6, 6.07) is 1.61. The van der Waals surface area contributed by atoms with Gasteiger partial charge in [0.15, 0.2) is 0 Å². The van der Waals surface area contributed by atoms with Gasteiger partial charge in [-0.05, 0) is 0 Å². The van der Waals surface area contributed by atoms with Gasteiger partial charge in [0.1, 0.15) is 0 Å². The Morgan fingerprint density at radius 1 is 0.786 bits per heavy atom. The molecule has 0 spiro atoms. The predicted molar refractivity (Wildman–Crippen MR) is 70.7 cm³/mol. The molecule has 0 nitrogen and oxygen atoms in total. The summed E-state index contributed by atoms with van der Waals surface area (Å²) in [4.78, 5) is 0. The zero-order valence-corrected chi connectivity index (χ0v) is 15.0. The number of hydrogen-bond donors (Lipinski definition) is 0. The van der Waals surface area contributed by atoms with Crippen molar-refractivity contribution in [2.24, 2.45) is 0 Å². The van der Waals surface area contributed by atoms with Gasteiger partial charge in [-0.25, -0.2) is 0 Å². The molecule has 0 N–H and O–H groups in total. The third kappa shape index (κ3) is 13.9. The molecule has 0 bridgehead atoms. The summed E-state index contributed by atoms with van der Waals surface area (Å²) in [5.41, 5.74) is 0. The van der Waals surface area contributed by atoms with E-state index in [2.05, 4.69) is 20.0 Å². The predicted octanol–water partition coefficient (Wildman–Crippen LogP) is 4.50. The van der Waals surface area contributed by atoms with Crippen LogP contribution in [0.15, 0.2) is 0 Å². The van der Waals surface area contributed by atoms with Crippen molar-refractivity contribution in [2.45, 2.75) is 77.4 Å². The average Bonchev–Trinajstić information content (AvgIpc) is 2.08. The van der Waals surface area contributed by atoms with Gasteiger partial charge < -0.3 is 0 Å². The Kier molecular flexibility index (Phi) is 11.4. The van der Waals surface area contributed by atoms with Gasteiger partial charge in [0.05, 0.1) is 0 Å². The monoisotopic (exact) mass is 238 g/mol. The Bertz CT molecular complexity index is 118. The van der Waals surface area contributed by atoms with Crippen molar-refractivity contribution in [3.05, 3.63) is 0 Å². The van der Waals surface area contributed by atoms with E-state index in [9.17, 15) is 0 Å². The minimum atomic E-state index is -0.551. The van der Waals surface area contributed by atoms with Gasteiger partial charge in [-0.1, -0.05) is 0 Å². The normalized spacial score (nSPS) is 12.1. The summed E-state index contributed by atoms with van der Waals surface area (Å²) >= 11 is 1.14. The van der Waals surface area contributed by atoms with E-state index < -0.39 is 0.755 Å². The van der Waals surface area contributed by atoms with E-state index in [0.29, 0.717) is 0 Å². The average molecular weight is 239 g/mol. The van der Waals surface area contributed by atoms with Crippen LogP contribution in [-0.2, 0) is 0 Å². The van der Waals surface area contributed by atoms with Crippen molar-refractivity contribution in [1.82, 2.24) is 0 Å². The van der Waals surface area contributed by atoms with Gasteiger partial charge in [-0.15, -0.1) is 0 Å². The van der Waals surface area contributed by atoms with Crippen LogP contribution in [0.2, 0.25) is 19.1 Å². The first kappa shape index (κ1) is 15.9. The van der Waals surface area contributed by atoms with Crippen LogP contribution >= 0.6 is 0 Å². The zero-order chi connectivity index (χ0) is 10.9.